The van der Waals surface area contributed by atoms with Crippen molar-refractivity contribution < 1.29 is 0 Å². The summed E-state index contributed by atoms with van der Waals surface area (Å²) in [5.74, 6) is 0. The predicted octanol–water partition coefficient (Wildman–Crippen LogP) is 4.25. The fourth-order valence-electron chi connectivity index (χ4n) is 2.92. The van der Waals surface area contributed by atoms with Gasteiger partial charge in [-0.05, 0) is 70.2 Å². The maximum absolute atomic E-state index is 3.69. The molecule has 1 saturated heterocycles. The number of rotatable bonds is 3. The molecule has 1 aliphatic heterocycles. The Morgan fingerprint density at radius 2 is 1.89 bits per heavy atom. The number of hydrogen-bond donors (Lipinski definition) is 1. The molecule has 0 aromatic heterocycles. The first kappa shape index (κ1) is 12.9. The number of hydrogen-bond acceptors (Lipinski definition) is 2. The third-order valence-corrected chi connectivity index (χ3v) is 5.27. The second-order valence-electron chi connectivity index (χ2n) is 5.45. The van der Waals surface area contributed by atoms with Crippen LogP contribution in [0, 0.1) is 0 Å². The number of nitrogens with zero attached hydrogens (tertiary/aromatic N) is 1. The van der Waals surface area contributed by atoms with Gasteiger partial charge in [-0.3, -0.25) is 4.90 Å². The summed E-state index contributed by atoms with van der Waals surface area (Å²) < 4.78 is 2.27. The van der Waals surface area contributed by atoms with Crippen LogP contribution in [0.25, 0.3) is 0 Å². The van der Waals surface area contributed by atoms with Gasteiger partial charge < -0.3 is 5.32 Å². The molecule has 0 radical (unpaired) electrons. The highest BCUT2D eigenvalue weighted by molar-refractivity contribution is 9.11. The highest BCUT2D eigenvalue weighted by Crippen LogP contribution is 2.36. The number of anilines is 1. The van der Waals surface area contributed by atoms with E-state index >= 15 is 0 Å². The molecule has 4 heteroatoms. The Labute approximate surface area is 125 Å². The molecule has 1 aliphatic carbocycles. The van der Waals surface area contributed by atoms with Gasteiger partial charge in [-0.15, -0.1) is 0 Å². The maximum atomic E-state index is 3.69. The highest BCUT2D eigenvalue weighted by Gasteiger charge is 2.38. The van der Waals surface area contributed by atoms with Gasteiger partial charge in [-0.2, -0.15) is 0 Å². The minimum atomic E-state index is 0.565. The minimum Gasteiger partial charge on any atom is -0.379 e. The second-order valence-corrected chi connectivity index (χ2v) is 7.16. The summed E-state index contributed by atoms with van der Waals surface area (Å²) in [6, 6.07) is 8.38. The Hall–Kier alpha value is -0.0600. The van der Waals surface area contributed by atoms with Crippen molar-refractivity contribution in [2.24, 2.45) is 0 Å². The van der Waals surface area contributed by atoms with Gasteiger partial charge in [-0.1, -0.05) is 6.07 Å². The molecule has 1 aromatic carbocycles. The van der Waals surface area contributed by atoms with Crippen LogP contribution in [0.2, 0.25) is 0 Å². The molecule has 3 rings (SSSR count). The van der Waals surface area contributed by atoms with E-state index in [0.717, 1.165) is 21.0 Å². The van der Waals surface area contributed by atoms with E-state index in [9.17, 15) is 0 Å². The molecule has 2 fully saturated rings. The Kier molecular flexibility index (Phi) is 3.70. The van der Waals surface area contributed by atoms with Crippen LogP contribution in [0.15, 0.2) is 27.1 Å². The smallest absolute Gasteiger partial charge is 0.0631 e. The molecule has 2 unspecified atom stereocenters. The van der Waals surface area contributed by atoms with E-state index in [2.05, 4.69) is 61.1 Å². The molecule has 2 aliphatic rings. The van der Waals surface area contributed by atoms with Gasteiger partial charge in [0.2, 0.25) is 0 Å². The average Bonchev–Trinajstić information content (AvgIpc) is 3.09. The minimum absolute atomic E-state index is 0.565. The second kappa shape index (κ2) is 5.14. The van der Waals surface area contributed by atoms with Crippen LogP contribution in [0.5, 0.6) is 0 Å². The van der Waals surface area contributed by atoms with Crippen molar-refractivity contribution in [1.82, 2.24) is 4.90 Å². The van der Waals surface area contributed by atoms with E-state index in [1.165, 1.54) is 31.5 Å². The summed E-state index contributed by atoms with van der Waals surface area (Å²) in [4.78, 5) is 2.67. The first-order valence-corrected chi connectivity index (χ1v) is 8.20. The summed E-state index contributed by atoms with van der Waals surface area (Å²) in [5.41, 5.74) is 1.19. The molecule has 1 heterocycles. The highest BCUT2D eigenvalue weighted by atomic mass is 79.9. The number of likely N-dealkylation sites (tertiary alicyclic amines) is 1. The van der Waals surface area contributed by atoms with Crippen LogP contribution in [-0.4, -0.2) is 29.6 Å². The van der Waals surface area contributed by atoms with Crippen molar-refractivity contribution in [3.05, 3.63) is 27.1 Å². The van der Waals surface area contributed by atoms with E-state index in [-0.39, 0.29) is 0 Å². The monoisotopic (exact) mass is 372 g/mol. The molecule has 1 N–H and O–H groups in total. The first-order valence-electron chi connectivity index (χ1n) is 6.61. The van der Waals surface area contributed by atoms with Crippen LogP contribution in [0.4, 0.5) is 5.69 Å². The summed E-state index contributed by atoms with van der Waals surface area (Å²) >= 11 is 7.24. The van der Waals surface area contributed by atoms with Gasteiger partial charge in [0.1, 0.15) is 0 Å². The predicted molar refractivity (Wildman–Crippen MR) is 83.1 cm³/mol. The van der Waals surface area contributed by atoms with E-state index < -0.39 is 0 Å². The summed E-state index contributed by atoms with van der Waals surface area (Å²) in [6.45, 7) is 3.54. The molecule has 98 valence electrons. The largest absolute Gasteiger partial charge is 0.379 e. The Bertz CT molecular complexity index is 425. The Balaban J connectivity index is 1.70. The molecule has 2 atom stereocenters. The SMILES string of the molecule is CC1CC(Nc2c(Br)cccc2Br)CN1C1CC1. The molecule has 18 heavy (non-hydrogen) atoms. The van der Waals surface area contributed by atoms with E-state index in [4.69, 9.17) is 0 Å². The Morgan fingerprint density at radius 1 is 1.22 bits per heavy atom. The van der Waals surface area contributed by atoms with Gasteiger partial charge >= 0.3 is 0 Å². The van der Waals surface area contributed by atoms with Crippen LogP contribution < -0.4 is 5.32 Å². The van der Waals surface area contributed by atoms with Crippen molar-refractivity contribution in [2.45, 2.75) is 44.3 Å². The number of para-hydroxylation sites is 1. The number of benzene rings is 1. The van der Waals surface area contributed by atoms with Gasteiger partial charge in [0.05, 0.1) is 5.69 Å². The Morgan fingerprint density at radius 3 is 2.50 bits per heavy atom. The molecule has 2 nitrogen and oxygen atoms in total. The summed E-state index contributed by atoms with van der Waals surface area (Å²) in [6.07, 6.45) is 4.04. The van der Waals surface area contributed by atoms with Gasteiger partial charge in [0.15, 0.2) is 0 Å². The lowest BCUT2D eigenvalue weighted by molar-refractivity contribution is 0.257. The van der Waals surface area contributed by atoms with Crippen molar-refractivity contribution in [3.63, 3.8) is 0 Å². The molecule has 0 spiro atoms. The third kappa shape index (κ3) is 2.61. The lowest BCUT2D eigenvalue weighted by Crippen LogP contribution is -2.31. The van der Waals surface area contributed by atoms with Gasteiger partial charge in [-0.25, -0.2) is 0 Å². The maximum Gasteiger partial charge on any atom is 0.0631 e. The van der Waals surface area contributed by atoms with Crippen molar-refractivity contribution in [2.75, 3.05) is 11.9 Å². The van der Waals surface area contributed by atoms with Crippen molar-refractivity contribution in [3.8, 4) is 0 Å². The van der Waals surface area contributed by atoms with Gasteiger partial charge in [0, 0.05) is 33.6 Å². The zero-order valence-electron chi connectivity index (χ0n) is 10.5. The quantitative estimate of drug-likeness (QED) is 0.851. The number of halogens is 2. The summed E-state index contributed by atoms with van der Waals surface area (Å²) in [7, 11) is 0. The van der Waals surface area contributed by atoms with Crippen molar-refractivity contribution in [1.29, 1.82) is 0 Å². The van der Waals surface area contributed by atoms with Gasteiger partial charge in [0.25, 0.3) is 0 Å². The zero-order valence-corrected chi connectivity index (χ0v) is 13.7. The molecule has 1 aromatic rings. The topological polar surface area (TPSA) is 15.3 Å². The third-order valence-electron chi connectivity index (χ3n) is 3.95. The average molecular weight is 374 g/mol. The molecular formula is C14H18Br2N2. The van der Waals surface area contributed by atoms with E-state index in [1.807, 2.05) is 6.07 Å². The zero-order chi connectivity index (χ0) is 12.7. The fourth-order valence-corrected chi connectivity index (χ4v) is 4.14. The normalized spacial score (nSPS) is 28.6. The lowest BCUT2D eigenvalue weighted by Gasteiger charge is -2.20. The van der Waals surface area contributed by atoms with E-state index in [0.29, 0.717) is 6.04 Å². The molecule has 1 saturated carbocycles. The van der Waals surface area contributed by atoms with Crippen LogP contribution >= 0.6 is 31.9 Å². The molecular weight excluding hydrogens is 356 g/mol. The standard InChI is InChI=1S/C14H18Br2N2/c1-9-7-10(8-18(9)11-5-6-11)17-14-12(15)3-2-4-13(14)16/h2-4,9-11,17H,5-8H2,1H3. The summed E-state index contributed by atoms with van der Waals surface area (Å²) in [5, 5.41) is 3.69. The molecule has 0 bridgehead atoms. The van der Waals surface area contributed by atoms with Crippen LogP contribution in [0.1, 0.15) is 26.2 Å². The van der Waals surface area contributed by atoms with Crippen molar-refractivity contribution >= 4 is 37.5 Å². The number of nitrogens with one attached hydrogen (secondary N) is 1. The van der Waals surface area contributed by atoms with E-state index in [1.54, 1.807) is 0 Å². The first-order chi connectivity index (χ1) is 8.65. The lowest BCUT2D eigenvalue weighted by atomic mass is 10.2. The molecule has 0 amide bonds. The van der Waals surface area contributed by atoms with Crippen LogP contribution in [-0.2, 0) is 0 Å². The fraction of sp³-hybridized carbons (Fsp3) is 0.571. The van der Waals surface area contributed by atoms with Crippen LogP contribution in [0.3, 0.4) is 0 Å².